The second kappa shape index (κ2) is 8.53. The first kappa shape index (κ1) is 14.5. The normalized spacial score (nSPS) is 10.3. The first-order valence-electron chi connectivity index (χ1n) is 6.33. The van der Waals surface area contributed by atoms with Crippen molar-refractivity contribution in [2.75, 3.05) is 18.9 Å². The van der Waals surface area contributed by atoms with Gasteiger partial charge in [-0.25, -0.2) is 0 Å². The van der Waals surface area contributed by atoms with Crippen molar-refractivity contribution in [1.82, 2.24) is 0 Å². The summed E-state index contributed by atoms with van der Waals surface area (Å²) >= 11 is 0. The smallest absolute Gasteiger partial charge is 0.306 e. The SMILES string of the molecule is Nc1ccc(CCC(=O)OCCCCCO)cc1. The van der Waals surface area contributed by atoms with Crippen LogP contribution in [-0.4, -0.2) is 24.3 Å². The van der Waals surface area contributed by atoms with Crippen LogP contribution >= 0.6 is 0 Å². The number of unbranched alkanes of at least 4 members (excludes halogenated alkanes) is 2. The van der Waals surface area contributed by atoms with E-state index < -0.39 is 0 Å². The Balaban J connectivity index is 2.11. The molecule has 0 amide bonds. The molecule has 0 saturated carbocycles. The number of ether oxygens (including phenoxy) is 1. The van der Waals surface area contributed by atoms with Crippen LogP contribution < -0.4 is 5.73 Å². The molecule has 0 fully saturated rings. The van der Waals surface area contributed by atoms with E-state index in [0.717, 1.165) is 30.5 Å². The van der Waals surface area contributed by atoms with Gasteiger partial charge in [0.05, 0.1) is 6.61 Å². The number of esters is 1. The molecule has 0 unspecified atom stereocenters. The average molecular weight is 251 g/mol. The molecule has 0 aliphatic rings. The summed E-state index contributed by atoms with van der Waals surface area (Å²) in [6, 6.07) is 7.50. The van der Waals surface area contributed by atoms with Crippen LogP contribution in [0.5, 0.6) is 0 Å². The fraction of sp³-hybridized carbons (Fsp3) is 0.500. The Morgan fingerprint density at radius 3 is 2.56 bits per heavy atom. The molecule has 0 atom stereocenters. The van der Waals surface area contributed by atoms with Crippen LogP contribution in [-0.2, 0) is 16.0 Å². The third-order valence-electron chi connectivity index (χ3n) is 2.66. The van der Waals surface area contributed by atoms with Crippen molar-refractivity contribution in [2.45, 2.75) is 32.1 Å². The zero-order valence-electron chi connectivity index (χ0n) is 10.6. The van der Waals surface area contributed by atoms with Crippen molar-refractivity contribution < 1.29 is 14.6 Å². The van der Waals surface area contributed by atoms with Crippen LogP contribution in [0.15, 0.2) is 24.3 Å². The molecule has 0 aliphatic heterocycles. The maximum absolute atomic E-state index is 11.4. The van der Waals surface area contributed by atoms with Gasteiger partial charge in [0, 0.05) is 18.7 Å². The largest absolute Gasteiger partial charge is 0.466 e. The topological polar surface area (TPSA) is 72.6 Å². The monoisotopic (exact) mass is 251 g/mol. The van der Waals surface area contributed by atoms with E-state index in [1.54, 1.807) is 0 Å². The van der Waals surface area contributed by atoms with E-state index >= 15 is 0 Å². The molecule has 100 valence electrons. The summed E-state index contributed by atoms with van der Waals surface area (Å²) in [4.78, 5) is 11.4. The summed E-state index contributed by atoms with van der Waals surface area (Å²) in [6.07, 6.45) is 3.54. The summed E-state index contributed by atoms with van der Waals surface area (Å²) < 4.78 is 5.09. The van der Waals surface area contributed by atoms with E-state index in [2.05, 4.69) is 0 Å². The standard InChI is InChI=1S/C14H21NO3/c15-13-7-4-12(5-8-13)6-9-14(17)18-11-3-1-2-10-16/h4-5,7-8,16H,1-3,6,9-11,15H2. The predicted octanol–water partition coefficient (Wildman–Crippen LogP) is 1.91. The molecule has 1 aromatic rings. The van der Waals surface area contributed by atoms with Crippen molar-refractivity contribution in [1.29, 1.82) is 0 Å². The van der Waals surface area contributed by atoms with E-state index in [1.807, 2.05) is 24.3 Å². The van der Waals surface area contributed by atoms with E-state index in [4.69, 9.17) is 15.6 Å². The lowest BCUT2D eigenvalue weighted by atomic mass is 10.1. The van der Waals surface area contributed by atoms with Gasteiger partial charge in [-0.1, -0.05) is 12.1 Å². The fourth-order valence-electron chi connectivity index (χ4n) is 1.58. The van der Waals surface area contributed by atoms with Crippen LogP contribution in [0.1, 0.15) is 31.2 Å². The molecule has 1 rings (SSSR count). The second-order valence-electron chi connectivity index (χ2n) is 4.25. The van der Waals surface area contributed by atoms with Crippen molar-refractivity contribution in [3.8, 4) is 0 Å². The molecule has 0 saturated heterocycles. The summed E-state index contributed by atoms with van der Waals surface area (Å²) in [5.41, 5.74) is 7.39. The van der Waals surface area contributed by atoms with Crippen LogP contribution in [0.4, 0.5) is 5.69 Å². The number of benzene rings is 1. The van der Waals surface area contributed by atoms with Crippen LogP contribution in [0.25, 0.3) is 0 Å². The third-order valence-corrected chi connectivity index (χ3v) is 2.66. The Hall–Kier alpha value is -1.55. The number of carbonyl (C=O) groups is 1. The van der Waals surface area contributed by atoms with Gasteiger partial charge >= 0.3 is 5.97 Å². The molecule has 4 heteroatoms. The highest BCUT2D eigenvalue weighted by atomic mass is 16.5. The summed E-state index contributed by atoms with van der Waals surface area (Å²) in [5, 5.41) is 8.59. The number of aliphatic hydroxyl groups excluding tert-OH is 1. The van der Waals surface area contributed by atoms with E-state index in [0.29, 0.717) is 19.4 Å². The number of nitrogens with two attached hydrogens (primary N) is 1. The molecule has 0 aromatic heterocycles. The molecule has 4 nitrogen and oxygen atoms in total. The summed E-state index contributed by atoms with van der Waals surface area (Å²) in [5.74, 6) is -0.171. The minimum absolute atomic E-state index is 0.171. The molecule has 0 radical (unpaired) electrons. The molecular formula is C14H21NO3. The lowest BCUT2D eigenvalue weighted by molar-refractivity contribution is -0.143. The summed E-state index contributed by atoms with van der Waals surface area (Å²) in [6.45, 7) is 0.644. The first-order chi connectivity index (χ1) is 8.72. The van der Waals surface area contributed by atoms with Gasteiger partial charge in [0.1, 0.15) is 0 Å². The van der Waals surface area contributed by atoms with Crippen LogP contribution in [0.3, 0.4) is 0 Å². The van der Waals surface area contributed by atoms with Gasteiger partial charge in [0.2, 0.25) is 0 Å². The van der Waals surface area contributed by atoms with Crippen molar-refractivity contribution in [3.05, 3.63) is 29.8 Å². The van der Waals surface area contributed by atoms with Gasteiger partial charge in [0.25, 0.3) is 0 Å². The van der Waals surface area contributed by atoms with E-state index in [9.17, 15) is 4.79 Å². The molecule has 0 spiro atoms. The zero-order valence-corrected chi connectivity index (χ0v) is 10.6. The van der Waals surface area contributed by atoms with Crippen molar-refractivity contribution in [3.63, 3.8) is 0 Å². The number of aryl methyl sites for hydroxylation is 1. The number of hydrogen-bond donors (Lipinski definition) is 2. The zero-order chi connectivity index (χ0) is 13.2. The maximum atomic E-state index is 11.4. The number of carbonyl (C=O) groups excluding carboxylic acids is 1. The molecule has 18 heavy (non-hydrogen) atoms. The summed E-state index contributed by atoms with van der Waals surface area (Å²) in [7, 11) is 0. The van der Waals surface area contributed by atoms with Gasteiger partial charge in [-0.15, -0.1) is 0 Å². The Morgan fingerprint density at radius 1 is 1.17 bits per heavy atom. The number of rotatable bonds is 8. The molecule has 3 N–H and O–H groups in total. The highest BCUT2D eigenvalue weighted by molar-refractivity contribution is 5.69. The molecular weight excluding hydrogens is 230 g/mol. The van der Waals surface area contributed by atoms with E-state index in [-0.39, 0.29) is 12.6 Å². The molecule has 1 aromatic carbocycles. The molecule has 0 bridgehead atoms. The van der Waals surface area contributed by atoms with Gasteiger partial charge < -0.3 is 15.6 Å². The Labute approximate surface area is 108 Å². The van der Waals surface area contributed by atoms with Crippen LogP contribution in [0.2, 0.25) is 0 Å². The third kappa shape index (κ3) is 6.25. The highest BCUT2D eigenvalue weighted by Gasteiger charge is 2.03. The Morgan fingerprint density at radius 2 is 1.89 bits per heavy atom. The number of nitrogen functional groups attached to an aromatic ring is 1. The lowest BCUT2D eigenvalue weighted by Gasteiger charge is -2.05. The van der Waals surface area contributed by atoms with E-state index in [1.165, 1.54) is 0 Å². The predicted molar refractivity (Wildman–Crippen MR) is 71.1 cm³/mol. The van der Waals surface area contributed by atoms with Gasteiger partial charge in [-0.3, -0.25) is 4.79 Å². The number of anilines is 1. The Kier molecular flexibility index (Phi) is 6.87. The van der Waals surface area contributed by atoms with Crippen LogP contribution in [0, 0.1) is 0 Å². The number of aliphatic hydroxyl groups is 1. The highest BCUT2D eigenvalue weighted by Crippen LogP contribution is 2.08. The van der Waals surface area contributed by atoms with Crippen molar-refractivity contribution >= 4 is 11.7 Å². The van der Waals surface area contributed by atoms with Crippen molar-refractivity contribution in [2.24, 2.45) is 0 Å². The first-order valence-corrected chi connectivity index (χ1v) is 6.33. The Bertz CT molecular complexity index is 349. The quantitative estimate of drug-likeness (QED) is 0.420. The molecule has 0 aliphatic carbocycles. The average Bonchev–Trinajstić information content (AvgIpc) is 2.38. The number of hydrogen-bond acceptors (Lipinski definition) is 4. The maximum Gasteiger partial charge on any atom is 0.306 e. The minimum atomic E-state index is -0.171. The second-order valence-corrected chi connectivity index (χ2v) is 4.25. The molecule has 0 heterocycles. The lowest BCUT2D eigenvalue weighted by Crippen LogP contribution is -2.07. The van der Waals surface area contributed by atoms with Gasteiger partial charge in [-0.2, -0.15) is 0 Å². The van der Waals surface area contributed by atoms with Gasteiger partial charge in [-0.05, 0) is 43.4 Å². The minimum Gasteiger partial charge on any atom is -0.466 e. The fourth-order valence-corrected chi connectivity index (χ4v) is 1.58. The van der Waals surface area contributed by atoms with Gasteiger partial charge in [0.15, 0.2) is 0 Å².